The third kappa shape index (κ3) is 4.95. The molecule has 2 aliphatic rings. The molecule has 0 bridgehead atoms. The maximum Gasteiger partial charge on any atom is 0.411 e. The molecule has 1 saturated heterocycles. The zero-order valence-electron chi connectivity index (χ0n) is 15.4. The van der Waals surface area contributed by atoms with Gasteiger partial charge in [0, 0.05) is 31.2 Å². The fourth-order valence-corrected chi connectivity index (χ4v) is 3.93. The molecule has 2 unspecified atom stereocenters. The first-order valence-corrected chi connectivity index (χ1v) is 9.47. The summed E-state index contributed by atoms with van der Waals surface area (Å²) >= 11 is 0. The van der Waals surface area contributed by atoms with Crippen LogP contribution in [0.3, 0.4) is 0 Å². The van der Waals surface area contributed by atoms with Gasteiger partial charge >= 0.3 is 6.09 Å². The van der Waals surface area contributed by atoms with E-state index in [4.69, 9.17) is 9.47 Å². The smallest absolute Gasteiger partial charge is 0.411 e. The Morgan fingerprint density at radius 1 is 1.20 bits per heavy atom. The summed E-state index contributed by atoms with van der Waals surface area (Å²) in [5, 5.41) is 2.96. The minimum Gasteiger partial charge on any atom is -0.446 e. The van der Waals surface area contributed by atoms with Crippen molar-refractivity contribution in [2.45, 2.75) is 45.6 Å². The molecular formula is C20H30N2O3. The Morgan fingerprint density at radius 3 is 2.60 bits per heavy atom. The zero-order chi connectivity index (χ0) is 17.6. The van der Waals surface area contributed by atoms with Crippen LogP contribution in [0.25, 0.3) is 0 Å². The summed E-state index contributed by atoms with van der Waals surface area (Å²) < 4.78 is 11.3. The molecule has 138 valence electrons. The van der Waals surface area contributed by atoms with Crippen molar-refractivity contribution in [1.29, 1.82) is 0 Å². The standard InChI is InChI=1S/C20H30N2O3/c1-15-6-5-7-16(2)19(15)21-20(23)25-18-9-4-3-8-17(18)14-22-10-12-24-13-11-22/h5-7,17-18H,3-4,8-14H2,1-2H3,(H,21,23). The Kier molecular flexibility index (Phi) is 6.32. The number of ether oxygens (including phenoxy) is 2. The molecule has 1 aliphatic heterocycles. The van der Waals surface area contributed by atoms with Crippen LogP contribution in [0, 0.1) is 19.8 Å². The monoisotopic (exact) mass is 346 g/mol. The first-order chi connectivity index (χ1) is 12.1. The van der Waals surface area contributed by atoms with Crippen LogP contribution in [0.4, 0.5) is 10.5 Å². The van der Waals surface area contributed by atoms with E-state index in [-0.39, 0.29) is 12.2 Å². The van der Waals surface area contributed by atoms with Gasteiger partial charge in [-0.05, 0) is 44.2 Å². The van der Waals surface area contributed by atoms with E-state index in [1.54, 1.807) is 0 Å². The average molecular weight is 346 g/mol. The topological polar surface area (TPSA) is 50.8 Å². The second-order valence-electron chi connectivity index (χ2n) is 7.29. The van der Waals surface area contributed by atoms with E-state index in [9.17, 15) is 4.79 Å². The molecule has 1 N–H and O–H groups in total. The summed E-state index contributed by atoms with van der Waals surface area (Å²) in [6, 6.07) is 6.01. The van der Waals surface area contributed by atoms with Crippen LogP contribution in [-0.2, 0) is 9.47 Å². The van der Waals surface area contributed by atoms with E-state index in [1.807, 2.05) is 32.0 Å². The summed E-state index contributed by atoms with van der Waals surface area (Å²) in [4.78, 5) is 14.9. The summed E-state index contributed by atoms with van der Waals surface area (Å²) in [7, 11) is 0. The van der Waals surface area contributed by atoms with E-state index < -0.39 is 0 Å². The third-order valence-electron chi connectivity index (χ3n) is 5.40. The quantitative estimate of drug-likeness (QED) is 0.902. The number of hydrogen-bond donors (Lipinski definition) is 1. The third-order valence-corrected chi connectivity index (χ3v) is 5.40. The Labute approximate surface area is 150 Å². The van der Waals surface area contributed by atoms with Gasteiger partial charge in [0.15, 0.2) is 0 Å². The molecule has 1 aromatic rings. The van der Waals surface area contributed by atoms with Gasteiger partial charge in [0.2, 0.25) is 0 Å². The van der Waals surface area contributed by atoms with Crippen LogP contribution in [0.15, 0.2) is 18.2 Å². The highest BCUT2D eigenvalue weighted by atomic mass is 16.6. The first kappa shape index (κ1) is 18.2. The van der Waals surface area contributed by atoms with E-state index in [2.05, 4.69) is 10.2 Å². The molecule has 1 aliphatic carbocycles. The fourth-order valence-electron chi connectivity index (χ4n) is 3.93. The number of nitrogens with zero attached hydrogens (tertiary/aromatic N) is 1. The molecule has 1 heterocycles. The maximum atomic E-state index is 12.5. The summed E-state index contributed by atoms with van der Waals surface area (Å²) in [6.45, 7) is 8.60. The highest BCUT2D eigenvalue weighted by Crippen LogP contribution is 2.29. The maximum absolute atomic E-state index is 12.5. The second-order valence-corrected chi connectivity index (χ2v) is 7.29. The summed E-state index contributed by atoms with van der Waals surface area (Å²) in [5.41, 5.74) is 2.99. The Balaban J connectivity index is 1.58. The molecular weight excluding hydrogens is 316 g/mol. The highest BCUT2D eigenvalue weighted by molar-refractivity contribution is 5.86. The molecule has 0 radical (unpaired) electrons. The van der Waals surface area contributed by atoms with Crippen LogP contribution in [0.2, 0.25) is 0 Å². The van der Waals surface area contributed by atoms with Crippen LogP contribution >= 0.6 is 0 Å². The number of morpholine rings is 1. The van der Waals surface area contributed by atoms with E-state index >= 15 is 0 Å². The second kappa shape index (κ2) is 8.68. The Bertz CT molecular complexity index is 564. The number of amides is 1. The number of rotatable bonds is 4. The van der Waals surface area contributed by atoms with Gasteiger partial charge in [0.25, 0.3) is 0 Å². The minimum atomic E-state index is -0.323. The Hall–Kier alpha value is -1.59. The number of anilines is 1. The van der Waals surface area contributed by atoms with E-state index in [0.717, 1.165) is 68.9 Å². The number of carbonyl (C=O) groups excluding carboxylic acids is 1. The number of carbonyl (C=O) groups is 1. The molecule has 0 aromatic heterocycles. The normalized spacial score (nSPS) is 24.7. The van der Waals surface area contributed by atoms with Crippen LogP contribution < -0.4 is 5.32 Å². The fraction of sp³-hybridized carbons (Fsp3) is 0.650. The highest BCUT2D eigenvalue weighted by Gasteiger charge is 2.30. The Morgan fingerprint density at radius 2 is 1.88 bits per heavy atom. The van der Waals surface area contributed by atoms with Crippen molar-refractivity contribution in [3.05, 3.63) is 29.3 Å². The SMILES string of the molecule is Cc1cccc(C)c1NC(=O)OC1CCCCC1CN1CCOCC1. The summed E-state index contributed by atoms with van der Waals surface area (Å²) in [6.07, 6.45) is 4.17. The van der Waals surface area contributed by atoms with Crippen molar-refractivity contribution >= 4 is 11.8 Å². The van der Waals surface area contributed by atoms with Crippen LogP contribution in [0.5, 0.6) is 0 Å². The predicted octanol–water partition coefficient (Wildman–Crippen LogP) is 3.74. The van der Waals surface area contributed by atoms with Crippen molar-refractivity contribution in [3.8, 4) is 0 Å². The predicted molar refractivity (Wildman–Crippen MR) is 99.0 cm³/mol. The van der Waals surface area contributed by atoms with Gasteiger partial charge < -0.3 is 9.47 Å². The molecule has 2 fully saturated rings. The molecule has 5 heteroatoms. The lowest BCUT2D eigenvalue weighted by Gasteiger charge is -2.36. The zero-order valence-corrected chi connectivity index (χ0v) is 15.4. The van der Waals surface area contributed by atoms with Gasteiger partial charge in [-0.1, -0.05) is 24.6 Å². The number of para-hydroxylation sites is 1. The van der Waals surface area contributed by atoms with Crippen LogP contribution in [-0.4, -0.2) is 49.9 Å². The lowest BCUT2D eigenvalue weighted by molar-refractivity contribution is -0.00352. The molecule has 5 nitrogen and oxygen atoms in total. The van der Waals surface area contributed by atoms with Crippen molar-refractivity contribution in [2.75, 3.05) is 38.2 Å². The molecule has 2 atom stereocenters. The van der Waals surface area contributed by atoms with Crippen molar-refractivity contribution < 1.29 is 14.3 Å². The van der Waals surface area contributed by atoms with Gasteiger partial charge in [0.05, 0.1) is 13.2 Å². The van der Waals surface area contributed by atoms with E-state index in [0.29, 0.717) is 5.92 Å². The number of hydrogen-bond acceptors (Lipinski definition) is 4. The number of aryl methyl sites for hydroxylation is 2. The lowest BCUT2D eigenvalue weighted by atomic mass is 9.86. The molecule has 1 amide bonds. The lowest BCUT2D eigenvalue weighted by Crippen LogP contribution is -2.44. The van der Waals surface area contributed by atoms with Crippen LogP contribution in [0.1, 0.15) is 36.8 Å². The van der Waals surface area contributed by atoms with Gasteiger partial charge in [-0.25, -0.2) is 4.79 Å². The number of nitrogens with one attached hydrogen (secondary N) is 1. The van der Waals surface area contributed by atoms with Gasteiger partial charge in [-0.3, -0.25) is 10.2 Å². The molecule has 1 aromatic carbocycles. The van der Waals surface area contributed by atoms with E-state index in [1.165, 1.54) is 6.42 Å². The number of benzene rings is 1. The minimum absolute atomic E-state index is 0.0147. The van der Waals surface area contributed by atoms with Gasteiger partial charge in [0.1, 0.15) is 6.10 Å². The van der Waals surface area contributed by atoms with Gasteiger partial charge in [-0.15, -0.1) is 0 Å². The molecule has 3 rings (SSSR count). The summed E-state index contributed by atoms with van der Waals surface area (Å²) in [5.74, 6) is 0.426. The van der Waals surface area contributed by atoms with Crippen molar-refractivity contribution in [2.24, 2.45) is 5.92 Å². The van der Waals surface area contributed by atoms with Crippen molar-refractivity contribution in [1.82, 2.24) is 4.90 Å². The molecule has 25 heavy (non-hydrogen) atoms. The average Bonchev–Trinajstić information content (AvgIpc) is 2.61. The van der Waals surface area contributed by atoms with Gasteiger partial charge in [-0.2, -0.15) is 0 Å². The van der Waals surface area contributed by atoms with Crippen molar-refractivity contribution in [3.63, 3.8) is 0 Å². The first-order valence-electron chi connectivity index (χ1n) is 9.47. The molecule has 0 spiro atoms. The largest absolute Gasteiger partial charge is 0.446 e. The molecule has 1 saturated carbocycles.